The van der Waals surface area contributed by atoms with Crippen LogP contribution >= 0.6 is 0 Å². The number of rotatable bonds is 16. The average Bonchev–Trinajstić information content (AvgIpc) is 2.73. The second-order valence-corrected chi connectivity index (χ2v) is 8.94. The lowest BCUT2D eigenvalue weighted by Gasteiger charge is -2.37. The number of unbranched alkanes of at least 4 members (excludes halogenated alkanes) is 5. The van der Waals surface area contributed by atoms with E-state index in [1.54, 1.807) is 0 Å². The van der Waals surface area contributed by atoms with Crippen LogP contribution in [0, 0.1) is 5.92 Å². The van der Waals surface area contributed by atoms with Gasteiger partial charge in [-0.05, 0) is 70.2 Å². The molecule has 0 N–H and O–H groups in total. The molecule has 0 saturated heterocycles. The smallest absolute Gasteiger partial charge is 0.350 e. The molecule has 1 aromatic carbocycles. The lowest BCUT2D eigenvalue weighted by atomic mass is 9.87. The highest BCUT2D eigenvalue weighted by Gasteiger charge is 2.37. The Kier molecular flexibility index (Phi) is 13.0. The summed E-state index contributed by atoms with van der Waals surface area (Å²) in [5.74, 6) is -0.843. The molecule has 0 bridgehead atoms. The molecule has 1 unspecified atom stereocenters. The van der Waals surface area contributed by atoms with Gasteiger partial charge in [0, 0.05) is 19.1 Å². The van der Waals surface area contributed by atoms with Crippen molar-refractivity contribution in [2.75, 3.05) is 13.2 Å². The lowest BCUT2D eigenvalue weighted by molar-refractivity contribution is -0.254. The van der Waals surface area contributed by atoms with Gasteiger partial charge in [-0.15, -0.1) is 0 Å². The molecular weight excluding hydrogens is 458 g/mol. The maximum absolute atomic E-state index is 13.2. The van der Waals surface area contributed by atoms with Crippen LogP contribution in [-0.2, 0) is 28.2 Å². The molecule has 198 valence electrons. The monoisotopic (exact) mass is 498 g/mol. The van der Waals surface area contributed by atoms with Crippen molar-refractivity contribution in [2.24, 2.45) is 5.92 Å². The van der Waals surface area contributed by atoms with Gasteiger partial charge in [-0.3, -0.25) is 0 Å². The van der Waals surface area contributed by atoms with Crippen LogP contribution in [0.5, 0.6) is 0 Å². The standard InChI is InChI=1S/C26H40F6O2/c1-5-8-9-10-11-12-15-21(24(4,33-6-2)34-7-3)16-13-14-20-17-22(25(27,28)29)19-23(18-20)26(30,31)32/h17-19,21H,5-16H2,1-4H3. The third-order valence-corrected chi connectivity index (χ3v) is 6.18. The maximum Gasteiger partial charge on any atom is 0.416 e. The summed E-state index contributed by atoms with van der Waals surface area (Å²) in [6, 6.07) is 1.82. The van der Waals surface area contributed by atoms with Gasteiger partial charge in [0.1, 0.15) is 0 Å². The number of alkyl halides is 6. The summed E-state index contributed by atoms with van der Waals surface area (Å²) in [6.45, 7) is 8.69. The zero-order chi connectivity index (χ0) is 25.8. The van der Waals surface area contributed by atoms with Crippen LogP contribution in [0.4, 0.5) is 26.3 Å². The third-order valence-electron chi connectivity index (χ3n) is 6.18. The molecule has 0 spiro atoms. The van der Waals surface area contributed by atoms with E-state index in [2.05, 4.69) is 6.92 Å². The SMILES string of the molecule is CCCCCCCCC(CCCc1cc(C(F)(F)F)cc(C(F)(F)F)c1)C(C)(OCC)OCC. The molecule has 1 rings (SSSR count). The number of hydrogen-bond acceptors (Lipinski definition) is 2. The van der Waals surface area contributed by atoms with Gasteiger partial charge in [0.05, 0.1) is 11.1 Å². The number of aryl methyl sites for hydroxylation is 1. The molecule has 8 heteroatoms. The second kappa shape index (κ2) is 14.3. The zero-order valence-corrected chi connectivity index (χ0v) is 20.9. The molecule has 1 atom stereocenters. The van der Waals surface area contributed by atoms with Gasteiger partial charge in [-0.2, -0.15) is 26.3 Å². The molecule has 0 aliphatic carbocycles. The number of benzene rings is 1. The predicted molar refractivity (Wildman–Crippen MR) is 123 cm³/mol. The first kappa shape index (κ1) is 30.8. The summed E-state index contributed by atoms with van der Waals surface area (Å²) in [5.41, 5.74) is -2.50. The van der Waals surface area contributed by atoms with Gasteiger partial charge in [0.2, 0.25) is 0 Å². The Labute approximate surface area is 200 Å². The van der Waals surface area contributed by atoms with E-state index in [-0.39, 0.29) is 24.0 Å². The zero-order valence-electron chi connectivity index (χ0n) is 20.9. The first-order chi connectivity index (χ1) is 15.9. The van der Waals surface area contributed by atoms with Crippen molar-refractivity contribution in [2.45, 2.75) is 110 Å². The predicted octanol–water partition coefficient (Wildman–Crippen LogP) is 9.20. The number of halogens is 6. The van der Waals surface area contributed by atoms with E-state index in [9.17, 15) is 26.3 Å². The molecule has 0 aromatic heterocycles. The normalized spacial score (nSPS) is 13.9. The van der Waals surface area contributed by atoms with E-state index in [0.717, 1.165) is 37.8 Å². The van der Waals surface area contributed by atoms with Crippen molar-refractivity contribution < 1.29 is 35.8 Å². The Hall–Kier alpha value is -1.28. The summed E-state index contributed by atoms with van der Waals surface area (Å²) >= 11 is 0. The van der Waals surface area contributed by atoms with Crippen molar-refractivity contribution >= 4 is 0 Å². The highest BCUT2D eigenvalue weighted by molar-refractivity contribution is 5.33. The summed E-state index contributed by atoms with van der Waals surface area (Å²) in [6.07, 6.45) is -0.934. The fourth-order valence-electron chi connectivity index (χ4n) is 4.41. The Morgan fingerprint density at radius 3 is 1.62 bits per heavy atom. The summed E-state index contributed by atoms with van der Waals surface area (Å²) in [5, 5.41) is 0. The van der Waals surface area contributed by atoms with Gasteiger partial charge < -0.3 is 9.47 Å². The van der Waals surface area contributed by atoms with Crippen LogP contribution in [0.3, 0.4) is 0 Å². The molecule has 0 aliphatic heterocycles. The minimum absolute atomic E-state index is 0.00791. The third kappa shape index (κ3) is 10.5. The molecule has 0 saturated carbocycles. The van der Waals surface area contributed by atoms with E-state index in [0.29, 0.717) is 26.1 Å². The van der Waals surface area contributed by atoms with E-state index in [1.165, 1.54) is 19.3 Å². The van der Waals surface area contributed by atoms with Crippen LogP contribution in [-0.4, -0.2) is 19.0 Å². The molecular formula is C26H40F6O2. The van der Waals surface area contributed by atoms with Gasteiger partial charge in [-0.1, -0.05) is 45.4 Å². The van der Waals surface area contributed by atoms with Crippen LogP contribution in [0.15, 0.2) is 18.2 Å². The van der Waals surface area contributed by atoms with Crippen LogP contribution < -0.4 is 0 Å². The number of hydrogen-bond donors (Lipinski definition) is 0. The van der Waals surface area contributed by atoms with Crippen LogP contribution in [0.2, 0.25) is 0 Å². The van der Waals surface area contributed by atoms with Crippen LogP contribution in [0.1, 0.15) is 102 Å². The molecule has 2 nitrogen and oxygen atoms in total. The fraction of sp³-hybridized carbons (Fsp3) is 0.769. The molecule has 0 fully saturated rings. The first-order valence-electron chi connectivity index (χ1n) is 12.4. The van der Waals surface area contributed by atoms with E-state index in [1.807, 2.05) is 20.8 Å². The Balaban J connectivity index is 2.94. The van der Waals surface area contributed by atoms with E-state index >= 15 is 0 Å². The summed E-state index contributed by atoms with van der Waals surface area (Å²) < 4.78 is 90.9. The highest BCUT2D eigenvalue weighted by Crippen LogP contribution is 2.37. The highest BCUT2D eigenvalue weighted by atomic mass is 19.4. The number of ether oxygens (including phenoxy) is 2. The Bertz CT molecular complexity index is 661. The summed E-state index contributed by atoms with van der Waals surface area (Å²) in [7, 11) is 0. The first-order valence-corrected chi connectivity index (χ1v) is 12.4. The van der Waals surface area contributed by atoms with Crippen molar-refractivity contribution in [3.8, 4) is 0 Å². The van der Waals surface area contributed by atoms with Crippen LogP contribution in [0.25, 0.3) is 0 Å². The fourth-order valence-corrected chi connectivity index (χ4v) is 4.41. The van der Waals surface area contributed by atoms with Gasteiger partial charge in [0.25, 0.3) is 0 Å². The minimum Gasteiger partial charge on any atom is -0.350 e. The summed E-state index contributed by atoms with van der Waals surface area (Å²) in [4.78, 5) is 0. The molecule has 0 radical (unpaired) electrons. The molecule has 0 amide bonds. The van der Waals surface area contributed by atoms with Crippen molar-refractivity contribution in [3.05, 3.63) is 34.9 Å². The van der Waals surface area contributed by atoms with Crippen molar-refractivity contribution in [1.82, 2.24) is 0 Å². The maximum atomic E-state index is 13.2. The van der Waals surface area contributed by atoms with Crippen molar-refractivity contribution in [1.29, 1.82) is 0 Å². The van der Waals surface area contributed by atoms with Crippen molar-refractivity contribution in [3.63, 3.8) is 0 Å². The van der Waals surface area contributed by atoms with Gasteiger partial charge in [-0.25, -0.2) is 0 Å². The largest absolute Gasteiger partial charge is 0.416 e. The van der Waals surface area contributed by atoms with Gasteiger partial charge in [0.15, 0.2) is 5.79 Å². The van der Waals surface area contributed by atoms with E-state index in [4.69, 9.17) is 9.47 Å². The molecule has 34 heavy (non-hydrogen) atoms. The molecule has 0 heterocycles. The van der Waals surface area contributed by atoms with E-state index < -0.39 is 29.3 Å². The average molecular weight is 499 g/mol. The second-order valence-electron chi connectivity index (χ2n) is 8.94. The Morgan fingerprint density at radius 1 is 0.676 bits per heavy atom. The quantitative estimate of drug-likeness (QED) is 0.128. The van der Waals surface area contributed by atoms with Gasteiger partial charge >= 0.3 is 12.4 Å². The molecule has 0 aliphatic rings. The minimum atomic E-state index is -4.83. The lowest BCUT2D eigenvalue weighted by Crippen LogP contribution is -2.41. The Morgan fingerprint density at radius 2 is 1.15 bits per heavy atom. The topological polar surface area (TPSA) is 18.5 Å². The molecule has 1 aromatic rings.